The van der Waals surface area contributed by atoms with Crippen LogP contribution < -0.4 is 0 Å². The Bertz CT molecular complexity index is 857. The van der Waals surface area contributed by atoms with Gasteiger partial charge in [0.05, 0.1) is 0 Å². The van der Waals surface area contributed by atoms with Crippen LogP contribution >= 0.6 is 0 Å². The van der Waals surface area contributed by atoms with E-state index in [0.717, 1.165) is 63.7 Å². The van der Waals surface area contributed by atoms with Crippen molar-refractivity contribution in [3.8, 4) is 0 Å². The zero-order chi connectivity index (χ0) is 41.7. The molecule has 1 atom stereocenters. The molecule has 6 nitrogen and oxygen atoms in total. The van der Waals surface area contributed by atoms with Crippen LogP contribution in [-0.4, -0.2) is 37.2 Å². The van der Waals surface area contributed by atoms with E-state index in [0.29, 0.717) is 19.3 Å². The van der Waals surface area contributed by atoms with Crippen molar-refractivity contribution in [3.05, 3.63) is 0 Å². The topological polar surface area (TPSA) is 78.9 Å². The smallest absolute Gasteiger partial charge is 0.306 e. The van der Waals surface area contributed by atoms with Gasteiger partial charge < -0.3 is 14.2 Å². The molecule has 57 heavy (non-hydrogen) atoms. The van der Waals surface area contributed by atoms with E-state index < -0.39 is 6.10 Å². The van der Waals surface area contributed by atoms with E-state index in [1.54, 1.807) is 0 Å². The van der Waals surface area contributed by atoms with Gasteiger partial charge in [-0.25, -0.2) is 0 Å². The normalized spacial score (nSPS) is 11.9. The summed E-state index contributed by atoms with van der Waals surface area (Å²) in [6.45, 7) is 9.01. The molecule has 0 aliphatic carbocycles. The minimum atomic E-state index is -0.759. The first-order valence-electron chi connectivity index (χ1n) is 25.4. The van der Waals surface area contributed by atoms with Crippen molar-refractivity contribution >= 4 is 17.9 Å². The molecule has 0 saturated heterocycles. The number of carbonyl (C=O) groups excluding carboxylic acids is 3. The molecule has 0 aliphatic rings. The van der Waals surface area contributed by atoms with Gasteiger partial charge in [-0.15, -0.1) is 0 Å². The maximum Gasteiger partial charge on any atom is 0.306 e. The van der Waals surface area contributed by atoms with Crippen molar-refractivity contribution < 1.29 is 28.6 Å². The third-order valence-corrected chi connectivity index (χ3v) is 11.5. The Balaban J connectivity index is 4.23. The van der Waals surface area contributed by atoms with Gasteiger partial charge in [0, 0.05) is 19.3 Å². The van der Waals surface area contributed by atoms with E-state index in [2.05, 4.69) is 27.7 Å². The van der Waals surface area contributed by atoms with Crippen molar-refractivity contribution in [3.63, 3.8) is 0 Å². The quantitative estimate of drug-likeness (QED) is 0.0346. The number of rotatable bonds is 46. The van der Waals surface area contributed by atoms with E-state index in [1.165, 1.54) is 180 Å². The molecule has 6 heteroatoms. The Morgan fingerprint density at radius 2 is 0.579 bits per heavy atom. The first-order chi connectivity index (χ1) is 27.9. The lowest BCUT2D eigenvalue weighted by atomic mass is 10.0. The van der Waals surface area contributed by atoms with Crippen LogP contribution in [-0.2, 0) is 28.6 Å². The Morgan fingerprint density at radius 3 is 0.860 bits per heavy atom. The van der Waals surface area contributed by atoms with Gasteiger partial charge in [-0.2, -0.15) is 0 Å². The second-order valence-electron chi connectivity index (χ2n) is 17.9. The fraction of sp³-hybridized carbons (Fsp3) is 0.941. The van der Waals surface area contributed by atoms with Gasteiger partial charge in [0.25, 0.3) is 0 Å². The van der Waals surface area contributed by atoms with Crippen molar-refractivity contribution in [2.45, 2.75) is 291 Å². The van der Waals surface area contributed by atoms with Gasteiger partial charge in [-0.05, 0) is 25.2 Å². The van der Waals surface area contributed by atoms with Crippen LogP contribution in [0, 0.1) is 5.92 Å². The average molecular weight is 807 g/mol. The predicted molar refractivity (Wildman–Crippen MR) is 243 cm³/mol. The lowest BCUT2D eigenvalue weighted by molar-refractivity contribution is -0.167. The molecule has 0 radical (unpaired) electrons. The van der Waals surface area contributed by atoms with E-state index in [9.17, 15) is 14.4 Å². The number of carbonyl (C=O) groups is 3. The van der Waals surface area contributed by atoms with E-state index in [-0.39, 0.29) is 31.1 Å². The predicted octanol–water partition coefficient (Wildman–Crippen LogP) is 16.3. The molecule has 0 aromatic rings. The summed E-state index contributed by atoms with van der Waals surface area (Å²) in [4.78, 5) is 37.8. The number of unbranched alkanes of at least 4 members (excludes halogenated alkanes) is 33. The second-order valence-corrected chi connectivity index (χ2v) is 17.9. The zero-order valence-electron chi connectivity index (χ0n) is 38.8. The number of hydrogen-bond acceptors (Lipinski definition) is 6. The van der Waals surface area contributed by atoms with Gasteiger partial charge in [0.2, 0.25) is 0 Å². The second kappa shape index (κ2) is 45.5. The third-order valence-electron chi connectivity index (χ3n) is 11.5. The molecule has 0 spiro atoms. The maximum absolute atomic E-state index is 12.7. The first kappa shape index (κ1) is 55.4. The Kier molecular flexibility index (Phi) is 44.2. The molecule has 0 aliphatic heterocycles. The molecule has 0 amide bonds. The van der Waals surface area contributed by atoms with Gasteiger partial charge >= 0.3 is 17.9 Å². The number of hydrogen-bond donors (Lipinski definition) is 0. The molecule has 0 bridgehead atoms. The Hall–Kier alpha value is -1.59. The zero-order valence-corrected chi connectivity index (χ0v) is 38.8. The van der Waals surface area contributed by atoms with E-state index in [4.69, 9.17) is 14.2 Å². The molecular formula is C51H98O6. The first-order valence-corrected chi connectivity index (χ1v) is 25.4. The van der Waals surface area contributed by atoms with Crippen LogP contribution in [0.4, 0.5) is 0 Å². The summed E-state index contributed by atoms with van der Waals surface area (Å²) in [6, 6.07) is 0. The summed E-state index contributed by atoms with van der Waals surface area (Å²) in [5.74, 6) is -0.00338. The number of esters is 3. The third kappa shape index (κ3) is 45.3. The largest absolute Gasteiger partial charge is 0.462 e. The van der Waals surface area contributed by atoms with Crippen LogP contribution in [0.1, 0.15) is 285 Å². The lowest BCUT2D eigenvalue weighted by Crippen LogP contribution is -2.30. The van der Waals surface area contributed by atoms with Crippen molar-refractivity contribution in [1.29, 1.82) is 0 Å². The molecular weight excluding hydrogens is 709 g/mol. The highest BCUT2D eigenvalue weighted by atomic mass is 16.6. The average Bonchev–Trinajstić information content (AvgIpc) is 3.19. The van der Waals surface area contributed by atoms with Gasteiger partial charge in [-0.3, -0.25) is 14.4 Å². The van der Waals surface area contributed by atoms with E-state index >= 15 is 0 Å². The molecule has 338 valence electrons. The highest BCUT2D eigenvalue weighted by molar-refractivity contribution is 5.71. The summed E-state index contributed by atoms with van der Waals surface area (Å²) >= 11 is 0. The Morgan fingerprint density at radius 1 is 0.333 bits per heavy atom. The summed E-state index contributed by atoms with van der Waals surface area (Å²) in [7, 11) is 0. The number of ether oxygens (including phenoxy) is 3. The minimum Gasteiger partial charge on any atom is -0.462 e. The molecule has 0 heterocycles. The van der Waals surface area contributed by atoms with Gasteiger partial charge in [0.1, 0.15) is 13.2 Å². The SMILES string of the molecule is CCCCCCCCCCCCCCCC(=O)OC[C@H](COC(=O)CCCCCCCCCCCCCCCCC(C)C)OC(=O)CCCCCCCCCCC. The molecule has 0 rings (SSSR count). The fourth-order valence-corrected chi connectivity index (χ4v) is 7.69. The molecule has 0 fully saturated rings. The lowest BCUT2D eigenvalue weighted by Gasteiger charge is -2.18. The highest BCUT2D eigenvalue weighted by Crippen LogP contribution is 2.17. The van der Waals surface area contributed by atoms with Crippen LogP contribution in [0.3, 0.4) is 0 Å². The van der Waals surface area contributed by atoms with Gasteiger partial charge in [0.15, 0.2) is 6.10 Å². The molecule has 0 saturated carbocycles. The Labute approximate surface area is 355 Å². The van der Waals surface area contributed by atoms with Crippen molar-refractivity contribution in [2.75, 3.05) is 13.2 Å². The van der Waals surface area contributed by atoms with Crippen molar-refractivity contribution in [2.24, 2.45) is 5.92 Å². The summed E-state index contributed by atoms with van der Waals surface area (Å²) in [6.07, 6.45) is 46.6. The molecule has 0 aromatic heterocycles. The maximum atomic E-state index is 12.7. The van der Waals surface area contributed by atoms with Crippen LogP contribution in [0.5, 0.6) is 0 Å². The van der Waals surface area contributed by atoms with E-state index in [1.807, 2.05) is 0 Å². The highest BCUT2D eigenvalue weighted by Gasteiger charge is 2.19. The minimum absolute atomic E-state index is 0.0630. The fourth-order valence-electron chi connectivity index (χ4n) is 7.69. The van der Waals surface area contributed by atoms with Crippen LogP contribution in [0.2, 0.25) is 0 Å². The van der Waals surface area contributed by atoms with Crippen molar-refractivity contribution in [1.82, 2.24) is 0 Å². The monoisotopic (exact) mass is 807 g/mol. The standard InChI is InChI=1S/C51H98O6/c1-5-7-9-11-13-15-16-19-23-27-30-34-38-42-49(52)55-45-48(57-51(54)44-40-36-32-25-14-12-10-8-6-2)46-56-50(53)43-39-35-31-28-24-21-18-17-20-22-26-29-33-37-41-47(3)4/h47-48H,5-46H2,1-4H3/t48-/m1/s1. The molecule has 0 N–H and O–H groups in total. The summed E-state index contributed by atoms with van der Waals surface area (Å²) < 4.78 is 16.8. The van der Waals surface area contributed by atoms with Gasteiger partial charge in [-0.1, -0.05) is 246 Å². The van der Waals surface area contributed by atoms with Crippen LogP contribution in [0.25, 0.3) is 0 Å². The molecule has 0 unspecified atom stereocenters. The summed E-state index contributed by atoms with van der Waals surface area (Å²) in [5, 5.41) is 0. The molecule has 0 aromatic carbocycles. The summed E-state index contributed by atoms with van der Waals surface area (Å²) in [5.41, 5.74) is 0. The van der Waals surface area contributed by atoms with Crippen LogP contribution in [0.15, 0.2) is 0 Å².